The number of anilines is 1. The Morgan fingerprint density at radius 2 is 1.56 bits per heavy atom. The molecule has 4 heteroatoms. The fourth-order valence-corrected chi connectivity index (χ4v) is 3.55. The zero-order valence-corrected chi connectivity index (χ0v) is 17.7. The lowest BCUT2D eigenvalue weighted by molar-refractivity contribution is 0.0697. The molecule has 0 unspecified atom stereocenters. The number of rotatable bonds is 9. The second-order valence-electron chi connectivity index (χ2n) is 7.53. The van der Waals surface area contributed by atoms with Gasteiger partial charge in [-0.3, -0.25) is 0 Å². The highest BCUT2D eigenvalue weighted by molar-refractivity contribution is 5.88. The zero-order valence-electron chi connectivity index (χ0n) is 17.7. The Hall–Kier alpha value is -4.05. The van der Waals surface area contributed by atoms with Gasteiger partial charge < -0.3 is 15.2 Å². The van der Waals surface area contributed by atoms with Crippen LogP contribution in [0.25, 0.3) is 16.8 Å². The third-order valence-corrected chi connectivity index (χ3v) is 5.25. The maximum absolute atomic E-state index is 11.1. The van der Waals surface area contributed by atoms with Crippen molar-refractivity contribution >= 4 is 28.5 Å². The Morgan fingerprint density at radius 3 is 2.34 bits per heavy atom. The molecule has 0 heterocycles. The topological polar surface area (TPSA) is 58.6 Å². The number of benzene rings is 4. The van der Waals surface area contributed by atoms with E-state index < -0.39 is 5.97 Å². The molecule has 4 nitrogen and oxygen atoms in total. The molecule has 0 fully saturated rings. The Labute approximate surface area is 187 Å². The second-order valence-corrected chi connectivity index (χ2v) is 7.53. The van der Waals surface area contributed by atoms with Crippen molar-refractivity contribution in [1.82, 2.24) is 0 Å². The Morgan fingerprint density at radius 1 is 0.844 bits per heavy atom. The highest BCUT2D eigenvalue weighted by Crippen LogP contribution is 2.25. The number of carboxylic acids is 1. The van der Waals surface area contributed by atoms with Gasteiger partial charge in [0.2, 0.25) is 0 Å². The Balaban J connectivity index is 1.48. The first-order valence-electron chi connectivity index (χ1n) is 10.6. The van der Waals surface area contributed by atoms with E-state index in [4.69, 9.17) is 9.84 Å². The van der Waals surface area contributed by atoms with Crippen LogP contribution in [0, 0.1) is 0 Å². The summed E-state index contributed by atoms with van der Waals surface area (Å²) < 4.78 is 6.14. The normalized spacial score (nSPS) is 11.3. The standard InChI is InChI=1S/C28H25NO3/c30-28(31)24-15-13-21(14-16-24)19-22(20-29-25-9-2-1-3-10-25)17-18-32-27-12-6-8-23-7-4-5-11-26(23)27/h1-16,19,29H,17-18,20H2,(H,30,31). The lowest BCUT2D eigenvalue weighted by Gasteiger charge is -2.13. The van der Waals surface area contributed by atoms with E-state index in [0.29, 0.717) is 13.2 Å². The summed E-state index contributed by atoms with van der Waals surface area (Å²) in [5, 5.41) is 14.8. The first-order valence-corrected chi connectivity index (χ1v) is 10.6. The fourth-order valence-electron chi connectivity index (χ4n) is 3.55. The van der Waals surface area contributed by atoms with Crippen LogP contribution in [-0.4, -0.2) is 24.2 Å². The minimum atomic E-state index is -0.921. The summed E-state index contributed by atoms with van der Waals surface area (Å²) in [6.45, 7) is 1.22. The van der Waals surface area contributed by atoms with Gasteiger partial charge in [-0.05, 0) is 46.9 Å². The molecule has 0 aromatic heterocycles. The van der Waals surface area contributed by atoms with E-state index in [1.54, 1.807) is 12.1 Å². The van der Waals surface area contributed by atoms with Crippen molar-refractivity contribution in [3.8, 4) is 5.75 Å². The van der Waals surface area contributed by atoms with Crippen molar-refractivity contribution in [2.24, 2.45) is 0 Å². The number of nitrogens with one attached hydrogen (secondary N) is 1. The van der Waals surface area contributed by atoms with Crippen LogP contribution in [-0.2, 0) is 0 Å². The maximum atomic E-state index is 11.1. The summed E-state index contributed by atoms with van der Waals surface area (Å²) >= 11 is 0. The summed E-state index contributed by atoms with van der Waals surface area (Å²) in [6, 6.07) is 31.3. The van der Waals surface area contributed by atoms with Gasteiger partial charge in [-0.15, -0.1) is 0 Å². The summed E-state index contributed by atoms with van der Waals surface area (Å²) in [5.41, 5.74) is 3.46. The predicted octanol–water partition coefficient (Wildman–Crippen LogP) is 6.50. The molecule has 4 aromatic rings. The van der Waals surface area contributed by atoms with E-state index in [1.807, 2.05) is 66.7 Å². The molecule has 0 aliphatic carbocycles. The predicted molar refractivity (Wildman–Crippen MR) is 130 cm³/mol. The second kappa shape index (κ2) is 10.3. The van der Waals surface area contributed by atoms with E-state index in [0.717, 1.165) is 39.8 Å². The third kappa shape index (κ3) is 5.55. The first kappa shape index (κ1) is 21.2. The quantitative estimate of drug-likeness (QED) is 0.322. The monoisotopic (exact) mass is 423 g/mol. The molecule has 4 aromatic carbocycles. The maximum Gasteiger partial charge on any atom is 0.335 e. The molecule has 160 valence electrons. The third-order valence-electron chi connectivity index (χ3n) is 5.25. The Kier molecular flexibility index (Phi) is 6.83. The highest BCUT2D eigenvalue weighted by atomic mass is 16.5. The Bertz CT molecular complexity index is 1210. The molecule has 0 saturated carbocycles. The molecule has 0 saturated heterocycles. The van der Waals surface area contributed by atoms with Crippen LogP contribution in [0.15, 0.2) is 103 Å². The van der Waals surface area contributed by atoms with Crippen molar-refractivity contribution in [3.05, 3.63) is 114 Å². The smallest absolute Gasteiger partial charge is 0.335 e. The average molecular weight is 424 g/mol. The molecular formula is C28H25NO3. The summed E-state index contributed by atoms with van der Waals surface area (Å²) in [7, 11) is 0. The van der Waals surface area contributed by atoms with Gasteiger partial charge in [0.05, 0.1) is 12.2 Å². The van der Waals surface area contributed by atoms with Gasteiger partial charge in [0, 0.05) is 24.0 Å². The lowest BCUT2D eigenvalue weighted by atomic mass is 10.1. The van der Waals surface area contributed by atoms with Crippen LogP contribution in [0.4, 0.5) is 5.69 Å². The van der Waals surface area contributed by atoms with E-state index in [2.05, 4.69) is 29.6 Å². The number of hydrogen-bond donors (Lipinski definition) is 2. The van der Waals surface area contributed by atoms with Gasteiger partial charge in [-0.25, -0.2) is 4.79 Å². The molecule has 0 atom stereocenters. The van der Waals surface area contributed by atoms with Gasteiger partial charge in [0.25, 0.3) is 0 Å². The zero-order chi connectivity index (χ0) is 22.2. The van der Waals surface area contributed by atoms with Gasteiger partial charge in [-0.2, -0.15) is 0 Å². The molecule has 0 aliphatic rings. The minimum Gasteiger partial charge on any atom is -0.493 e. The van der Waals surface area contributed by atoms with Crippen LogP contribution in [0.3, 0.4) is 0 Å². The van der Waals surface area contributed by atoms with Crippen molar-refractivity contribution in [1.29, 1.82) is 0 Å². The number of carbonyl (C=O) groups is 1. The molecule has 4 rings (SSSR count). The number of ether oxygens (including phenoxy) is 1. The molecule has 0 amide bonds. The van der Waals surface area contributed by atoms with Gasteiger partial charge in [-0.1, -0.05) is 72.8 Å². The van der Waals surface area contributed by atoms with Gasteiger partial charge in [0.15, 0.2) is 0 Å². The van der Waals surface area contributed by atoms with Crippen LogP contribution in [0.1, 0.15) is 22.3 Å². The minimum absolute atomic E-state index is 0.283. The molecule has 32 heavy (non-hydrogen) atoms. The van der Waals surface area contributed by atoms with Crippen molar-refractivity contribution in [3.63, 3.8) is 0 Å². The van der Waals surface area contributed by atoms with Crippen LogP contribution in [0.2, 0.25) is 0 Å². The molecule has 0 spiro atoms. The number of carboxylic acid groups (broad SMARTS) is 1. The number of fused-ring (bicyclic) bond motifs is 1. The number of hydrogen-bond acceptors (Lipinski definition) is 3. The molecule has 0 aliphatic heterocycles. The molecule has 2 N–H and O–H groups in total. The van der Waals surface area contributed by atoms with E-state index >= 15 is 0 Å². The number of aromatic carboxylic acids is 1. The summed E-state index contributed by atoms with van der Waals surface area (Å²) in [5.74, 6) is -0.0423. The van der Waals surface area contributed by atoms with E-state index in [-0.39, 0.29) is 5.56 Å². The van der Waals surface area contributed by atoms with Gasteiger partial charge >= 0.3 is 5.97 Å². The average Bonchev–Trinajstić information content (AvgIpc) is 2.83. The lowest BCUT2D eigenvalue weighted by Crippen LogP contribution is -2.08. The molecule has 0 bridgehead atoms. The van der Waals surface area contributed by atoms with Crippen LogP contribution < -0.4 is 10.1 Å². The molecule has 0 radical (unpaired) electrons. The first-order chi connectivity index (χ1) is 15.7. The molecular weight excluding hydrogens is 398 g/mol. The van der Waals surface area contributed by atoms with Gasteiger partial charge in [0.1, 0.15) is 5.75 Å². The van der Waals surface area contributed by atoms with E-state index in [1.165, 1.54) is 0 Å². The van der Waals surface area contributed by atoms with Crippen molar-refractivity contribution in [2.75, 3.05) is 18.5 Å². The summed E-state index contributed by atoms with van der Waals surface area (Å²) in [6.07, 6.45) is 2.83. The number of para-hydroxylation sites is 1. The summed E-state index contributed by atoms with van der Waals surface area (Å²) in [4.78, 5) is 11.1. The largest absolute Gasteiger partial charge is 0.493 e. The van der Waals surface area contributed by atoms with Crippen LogP contribution in [0.5, 0.6) is 5.75 Å². The van der Waals surface area contributed by atoms with E-state index in [9.17, 15) is 4.79 Å². The van der Waals surface area contributed by atoms with Crippen molar-refractivity contribution in [2.45, 2.75) is 6.42 Å². The van der Waals surface area contributed by atoms with Crippen LogP contribution >= 0.6 is 0 Å². The highest BCUT2D eigenvalue weighted by Gasteiger charge is 2.05. The fraction of sp³-hybridized carbons (Fsp3) is 0.107. The van der Waals surface area contributed by atoms with Crippen molar-refractivity contribution < 1.29 is 14.6 Å². The SMILES string of the molecule is O=C(O)c1ccc(C=C(CCOc2cccc3ccccc23)CNc2ccccc2)cc1.